The fourth-order valence-electron chi connectivity index (χ4n) is 7.15. The third-order valence-corrected chi connectivity index (χ3v) is 10.4. The third kappa shape index (κ3) is 10.0. The minimum absolute atomic E-state index is 0.546. The Morgan fingerprint density at radius 2 is 1.29 bits per heavy atom. The molecule has 0 aromatic rings. The van der Waals surface area contributed by atoms with E-state index in [2.05, 4.69) is 62.3 Å². The van der Waals surface area contributed by atoms with Crippen molar-refractivity contribution < 1.29 is 0 Å². The first-order valence-electron chi connectivity index (χ1n) is 16.5. The summed E-state index contributed by atoms with van der Waals surface area (Å²) >= 11 is 0. The van der Waals surface area contributed by atoms with E-state index >= 15 is 0 Å². The van der Waals surface area contributed by atoms with Crippen molar-refractivity contribution >= 4 is 0 Å². The molecule has 210 valence electrons. The topological polar surface area (TPSA) is 0 Å². The lowest BCUT2D eigenvalue weighted by molar-refractivity contribution is -0.0729. The molecule has 0 aliphatic heterocycles. The second-order valence-electron chi connectivity index (χ2n) is 14.8. The molecule has 0 aromatic carbocycles. The van der Waals surface area contributed by atoms with Gasteiger partial charge in [0.05, 0.1) is 0 Å². The first kappa shape index (κ1) is 33.0. The summed E-state index contributed by atoms with van der Waals surface area (Å²) in [4.78, 5) is 0. The van der Waals surface area contributed by atoms with Crippen LogP contribution >= 0.6 is 0 Å². The average molecular weight is 491 g/mol. The van der Waals surface area contributed by atoms with Crippen molar-refractivity contribution in [3.05, 3.63) is 0 Å². The van der Waals surface area contributed by atoms with Crippen LogP contribution in [-0.4, -0.2) is 0 Å². The maximum absolute atomic E-state index is 2.39. The van der Waals surface area contributed by atoms with E-state index < -0.39 is 0 Å². The van der Waals surface area contributed by atoms with Crippen molar-refractivity contribution in [3.8, 4) is 0 Å². The monoisotopic (exact) mass is 491 g/mol. The first-order valence-corrected chi connectivity index (χ1v) is 16.5. The maximum Gasteiger partial charge on any atom is -0.0267 e. The predicted octanol–water partition coefficient (Wildman–Crippen LogP) is 12.6. The second-order valence-corrected chi connectivity index (χ2v) is 14.8. The summed E-state index contributed by atoms with van der Waals surface area (Å²) in [5.74, 6) is 3.17. The lowest BCUT2D eigenvalue weighted by Crippen LogP contribution is -2.47. The highest BCUT2D eigenvalue weighted by atomic mass is 14.6. The van der Waals surface area contributed by atoms with Crippen LogP contribution in [0.1, 0.15) is 185 Å². The molecular weight excluding hydrogens is 420 g/mol. The summed E-state index contributed by atoms with van der Waals surface area (Å²) in [7, 11) is 0. The van der Waals surface area contributed by atoms with Gasteiger partial charge < -0.3 is 0 Å². The zero-order valence-corrected chi connectivity index (χ0v) is 26.8. The zero-order valence-electron chi connectivity index (χ0n) is 26.8. The zero-order chi connectivity index (χ0) is 26.8. The Bertz CT molecular complexity index is 521. The van der Waals surface area contributed by atoms with Gasteiger partial charge in [-0.2, -0.15) is 0 Å². The van der Waals surface area contributed by atoms with Crippen LogP contribution < -0.4 is 0 Å². The third-order valence-electron chi connectivity index (χ3n) is 10.4. The van der Waals surface area contributed by atoms with Crippen molar-refractivity contribution in [2.45, 2.75) is 185 Å². The first-order chi connectivity index (χ1) is 16.5. The van der Waals surface area contributed by atoms with E-state index in [0.29, 0.717) is 5.41 Å². The fraction of sp³-hybridized carbons (Fsp3) is 1.00. The molecule has 35 heavy (non-hydrogen) atoms. The molecule has 0 saturated heterocycles. The van der Waals surface area contributed by atoms with Crippen LogP contribution in [0, 0.1) is 39.4 Å². The van der Waals surface area contributed by atoms with Gasteiger partial charge in [-0.05, 0) is 116 Å². The Hall–Kier alpha value is 0. The molecule has 5 aliphatic rings. The molecule has 5 rings (SSSR count). The molecule has 2 spiro atoms. The van der Waals surface area contributed by atoms with Crippen LogP contribution in [0.4, 0.5) is 0 Å². The molecule has 5 saturated carbocycles. The van der Waals surface area contributed by atoms with E-state index in [9.17, 15) is 0 Å². The van der Waals surface area contributed by atoms with Crippen LogP contribution in [0.5, 0.6) is 0 Å². The summed E-state index contributed by atoms with van der Waals surface area (Å²) in [5.41, 5.74) is 3.15. The molecular formula is C35H70. The van der Waals surface area contributed by atoms with Gasteiger partial charge in [0.2, 0.25) is 0 Å². The minimum Gasteiger partial charge on any atom is -0.0683 e. The maximum atomic E-state index is 2.39. The van der Waals surface area contributed by atoms with Crippen LogP contribution in [0.15, 0.2) is 0 Å². The Morgan fingerprint density at radius 3 is 1.49 bits per heavy atom. The van der Waals surface area contributed by atoms with E-state index in [4.69, 9.17) is 0 Å². The number of hydrogen-bond acceptors (Lipinski definition) is 0. The molecule has 0 heterocycles. The van der Waals surface area contributed by atoms with Gasteiger partial charge in [0, 0.05) is 0 Å². The van der Waals surface area contributed by atoms with E-state index in [1.54, 1.807) is 44.9 Å². The van der Waals surface area contributed by atoms with Crippen molar-refractivity contribution in [1.29, 1.82) is 0 Å². The fourth-order valence-corrected chi connectivity index (χ4v) is 7.15. The molecule has 0 bridgehead atoms. The molecule has 5 fully saturated rings. The lowest BCUT2D eigenvalue weighted by Gasteiger charge is -2.58. The molecule has 5 aliphatic carbocycles. The van der Waals surface area contributed by atoms with E-state index in [1.807, 2.05) is 13.8 Å². The summed E-state index contributed by atoms with van der Waals surface area (Å²) in [6.45, 7) is 24.7. The summed E-state index contributed by atoms with van der Waals surface area (Å²) in [6, 6.07) is 0. The highest BCUT2D eigenvalue weighted by Gasteiger charge is 2.51. The van der Waals surface area contributed by atoms with Gasteiger partial charge in [-0.3, -0.25) is 0 Å². The number of rotatable bonds is 5. The molecule has 0 nitrogen and oxygen atoms in total. The van der Waals surface area contributed by atoms with Gasteiger partial charge in [-0.1, -0.05) is 108 Å². The van der Waals surface area contributed by atoms with E-state index in [-0.39, 0.29) is 0 Å². The van der Waals surface area contributed by atoms with E-state index in [1.165, 1.54) is 64.2 Å². The smallest absolute Gasteiger partial charge is 0.0267 e. The quantitative estimate of drug-likeness (QED) is 0.359. The van der Waals surface area contributed by atoms with Crippen molar-refractivity contribution in [2.75, 3.05) is 0 Å². The molecule has 0 aromatic heterocycles. The summed E-state index contributed by atoms with van der Waals surface area (Å²) < 4.78 is 0. The van der Waals surface area contributed by atoms with E-state index in [0.717, 1.165) is 34.0 Å². The Morgan fingerprint density at radius 1 is 0.771 bits per heavy atom. The molecule has 0 amide bonds. The van der Waals surface area contributed by atoms with Gasteiger partial charge in [0.25, 0.3) is 0 Å². The molecule has 0 N–H and O–H groups in total. The molecule has 1 unspecified atom stereocenters. The normalized spacial score (nSPS) is 25.9. The van der Waals surface area contributed by atoms with Gasteiger partial charge in [-0.25, -0.2) is 0 Å². The highest BCUT2D eigenvalue weighted by molar-refractivity contribution is 5.01. The van der Waals surface area contributed by atoms with Crippen molar-refractivity contribution in [2.24, 2.45) is 39.4 Å². The van der Waals surface area contributed by atoms with Crippen LogP contribution in [-0.2, 0) is 0 Å². The Balaban J connectivity index is 0.000000241. The molecule has 0 radical (unpaired) electrons. The standard InChI is InChI=1S/C11H22.C10H18.C9H16.C3H8.C2H6/c1-5-11(8-9-11)7-6-10(2,3)4;1-8(2)9-4-7-10(9)5-3-6-10;1-2-8-6-9(7-8)4-3-5-9;1-3-2;1-2/h5-9H2,1-4H3;8-9H,3-7H2,1-2H3;8H,2-7H2,1H3;3H2,1-2H3;1-2H3. The Kier molecular flexibility index (Phi) is 14.0. The molecule has 0 heteroatoms. The molecule has 1 atom stereocenters. The summed E-state index contributed by atoms with van der Waals surface area (Å²) in [5, 5.41) is 0. The van der Waals surface area contributed by atoms with Crippen LogP contribution in [0.2, 0.25) is 0 Å². The summed E-state index contributed by atoms with van der Waals surface area (Å²) in [6.07, 6.45) is 25.4. The van der Waals surface area contributed by atoms with Crippen molar-refractivity contribution in [1.82, 2.24) is 0 Å². The van der Waals surface area contributed by atoms with Crippen LogP contribution in [0.3, 0.4) is 0 Å². The lowest BCUT2D eigenvalue weighted by atomic mass is 9.47. The largest absolute Gasteiger partial charge is 0.0683 e. The average Bonchev–Trinajstić information content (AvgIpc) is 3.46. The number of hydrogen-bond donors (Lipinski definition) is 0. The van der Waals surface area contributed by atoms with Gasteiger partial charge in [-0.15, -0.1) is 0 Å². The Labute approximate surface area is 224 Å². The van der Waals surface area contributed by atoms with Gasteiger partial charge in [0.1, 0.15) is 0 Å². The second kappa shape index (κ2) is 14.8. The SMILES string of the molecule is CC.CC(C)C1CCC12CCC2.CCC.CCC1(CCC(C)(C)C)CC1.CCC1CC2(CCC2)C1. The van der Waals surface area contributed by atoms with Gasteiger partial charge >= 0.3 is 0 Å². The minimum atomic E-state index is 0.546. The van der Waals surface area contributed by atoms with Gasteiger partial charge in [0.15, 0.2) is 0 Å². The van der Waals surface area contributed by atoms with Crippen molar-refractivity contribution in [3.63, 3.8) is 0 Å². The highest BCUT2D eigenvalue weighted by Crippen LogP contribution is 2.62. The predicted molar refractivity (Wildman–Crippen MR) is 161 cm³/mol. The van der Waals surface area contributed by atoms with Crippen LogP contribution in [0.25, 0.3) is 0 Å².